The van der Waals surface area contributed by atoms with Crippen molar-refractivity contribution in [1.29, 1.82) is 0 Å². The highest BCUT2D eigenvalue weighted by Crippen LogP contribution is 2.35. The van der Waals surface area contributed by atoms with Crippen molar-refractivity contribution in [3.05, 3.63) is 24.4 Å². The summed E-state index contributed by atoms with van der Waals surface area (Å²) in [5.74, 6) is 1.44. The van der Waals surface area contributed by atoms with E-state index in [1.54, 1.807) is 17.2 Å². The largest absolute Gasteiger partial charge is 0.225 e. The summed E-state index contributed by atoms with van der Waals surface area (Å²) in [5.41, 5.74) is 2.09. The van der Waals surface area contributed by atoms with E-state index in [-0.39, 0.29) is 0 Å². The fraction of sp³-hybridized carbons (Fsp3) is 0.583. The summed E-state index contributed by atoms with van der Waals surface area (Å²) in [6.45, 7) is 2.34. The zero-order chi connectivity index (χ0) is 11.0. The molecule has 16 heavy (non-hydrogen) atoms. The van der Waals surface area contributed by atoms with Gasteiger partial charge >= 0.3 is 0 Å². The molecule has 1 fully saturated rings. The second kappa shape index (κ2) is 3.85. The minimum Gasteiger partial charge on any atom is -0.225 e. The maximum absolute atomic E-state index is 4.56. The molecule has 0 aliphatic heterocycles. The Morgan fingerprint density at radius 3 is 3.12 bits per heavy atom. The molecule has 1 saturated carbocycles. The summed E-state index contributed by atoms with van der Waals surface area (Å²) >= 11 is 0. The van der Waals surface area contributed by atoms with Gasteiger partial charge in [-0.3, -0.25) is 0 Å². The van der Waals surface area contributed by atoms with Gasteiger partial charge in [0, 0.05) is 12.0 Å². The molecule has 0 bridgehead atoms. The molecule has 0 spiro atoms. The average Bonchev–Trinajstić information content (AvgIpc) is 2.72. The van der Waals surface area contributed by atoms with E-state index in [4.69, 9.17) is 0 Å². The van der Waals surface area contributed by atoms with Crippen molar-refractivity contribution in [2.45, 2.75) is 38.5 Å². The molecule has 3 rings (SSSR count). The highest BCUT2D eigenvalue weighted by molar-refractivity contribution is 5.38. The van der Waals surface area contributed by atoms with Crippen molar-refractivity contribution < 1.29 is 0 Å². The summed E-state index contributed by atoms with van der Waals surface area (Å²) in [7, 11) is 0. The Morgan fingerprint density at radius 1 is 1.38 bits per heavy atom. The zero-order valence-electron chi connectivity index (χ0n) is 9.50. The normalized spacial score (nSPS) is 26.1. The minimum atomic E-state index is 0.616. The van der Waals surface area contributed by atoms with Gasteiger partial charge < -0.3 is 0 Å². The van der Waals surface area contributed by atoms with Crippen LogP contribution in [0.15, 0.2) is 18.7 Å². The Labute approximate surface area is 94.7 Å². The van der Waals surface area contributed by atoms with Crippen LogP contribution in [0.4, 0.5) is 0 Å². The topological polar surface area (TPSA) is 43.1 Å². The van der Waals surface area contributed by atoms with Crippen LogP contribution in [0.3, 0.4) is 0 Å². The van der Waals surface area contributed by atoms with Crippen molar-refractivity contribution in [3.63, 3.8) is 0 Å². The molecule has 2 atom stereocenters. The Kier molecular flexibility index (Phi) is 2.35. The fourth-order valence-electron chi connectivity index (χ4n) is 2.67. The third-order valence-electron chi connectivity index (χ3n) is 3.52. The molecule has 0 N–H and O–H groups in total. The second-order valence-electron chi connectivity index (χ2n) is 4.85. The van der Waals surface area contributed by atoms with Crippen molar-refractivity contribution in [3.8, 4) is 0 Å². The van der Waals surface area contributed by atoms with Gasteiger partial charge in [0.1, 0.15) is 12.7 Å². The Balaban J connectivity index is 1.93. The van der Waals surface area contributed by atoms with E-state index in [1.807, 2.05) is 0 Å². The molecule has 4 nitrogen and oxygen atoms in total. The molecule has 0 aromatic carbocycles. The van der Waals surface area contributed by atoms with Gasteiger partial charge in [0.15, 0.2) is 5.65 Å². The van der Waals surface area contributed by atoms with Crippen molar-refractivity contribution in [1.82, 2.24) is 19.6 Å². The third-order valence-corrected chi connectivity index (χ3v) is 3.52. The van der Waals surface area contributed by atoms with E-state index >= 15 is 0 Å². The van der Waals surface area contributed by atoms with E-state index < -0.39 is 0 Å². The maximum Gasteiger partial charge on any atom is 0.158 e. The first-order chi connectivity index (χ1) is 7.83. The Morgan fingerprint density at radius 2 is 2.31 bits per heavy atom. The molecule has 2 heterocycles. The third kappa shape index (κ3) is 1.68. The van der Waals surface area contributed by atoms with E-state index in [2.05, 4.69) is 28.1 Å². The van der Waals surface area contributed by atoms with Crippen molar-refractivity contribution in [2.24, 2.45) is 5.92 Å². The molecule has 2 aromatic rings. The van der Waals surface area contributed by atoms with Gasteiger partial charge in [-0.2, -0.15) is 5.10 Å². The van der Waals surface area contributed by atoms with Crippen molar-refractivity contribution in [2.75, 3.05) is 0 Å². The summed E-state index contributed by atoms with van der Waals surface area (Å²) in [6, 6.07) is 2.10. The van der Waals surface area contributed by atoms with Crippen LogP contribution in [0.5, 0.6) is 0 Å². The van der Waals surface area contributed by atoms with Gasteiger partial charge in [0.2, 0.25) is 0 Å². The first-order valence-corrected chi connectivity index (χ1v) is 5.98. The van der Waals surface area contributed by atoms with Gasteiger partial charge in [-0.15, -0.1) is 0 Å². The Hall–Kier alpha value is -1.45. The summed E-state index contributed by atoms with van der Waals surface area (Å²) in [6.07, 6.45) is 8.51. The number of hydrogen-bond acceptors (Lipinski definition) is 3. The van der Waals surface area contributed by atoms with Crippen LogP contribution < -0.4 is 0 Å². The van der Waals surface area contributed by atoms with Crippen molar-refractivity contribution >= 4 is 5.65 Å². The first-order valence-electron chi connectivity index (χ1n) is 5.98. The van der Waals surface area contributed by atoms with E-state index in [1.165, 1.54) is 31.4 Å². The molecule has 0 amide bonds. The van der Waals surface area contributed by atoms with E-state index in [0.29, 0.717) is 5.92 Å². The molecule has 84 valence electrons. The number of hydrogen-bond donors (Lipinski definition) is 0. The van der Waals surface area contributed by atoms with Crippen LogP contribution >= 0.6 is 0 Å². The molecule has 0 saturated heterocycles. The molecule has 1 aliphatic carbocycles. The van der Waals surface area contributed by atoms with E-state index in [0.717, 1.165) is 11.6 Å². The summed E-state index contributed by atoms with van der Waals surface area (Å²) in [5, 5.41) is 4.56. The number of aromatic nitrogens is 4. The molecule has 2 aromatic heterocycles. The summed E-state index contributed by atoms with van der Waals surface area (Å²) in [4.78, 5) is 8.18. The lowest BCUT2D eigenvalue weighted by atomic mass is 9.81. The quantitative estimate of drug-likeness (QED) is 0.735. The lowest BCUT2D eigenvalue weighted by Gasteiger charge is -2.24. The molecular formula is C12H16N4. The van der Waals surface area contributed by atoms with Crippen LogP contribution in [0.1, 0.15) is 44.2 Å². The smallest absolute Gasteiger partial charge is 0.158 e. The standard InChI is InChI=1S/C12H16N4/c1-9-3-2-4-10(5-9)11-6-12-14-7-13-8-16(12)15-11/h6-10H,2-5H2,1H3. The molecular weight excluding hydrogens is 200 g/mol. The SMILES string of the molecule is CC1CCCC(c2cc3ncncn3n2)C1. The predicted molar refractivity (Wildman–Crippen MR) is 61.2 cm³/mol. The molecule has 4 heteroatoms. The van der Waals surface area contributed by atoms with Gasteiger partial charge in [0.25, 0.3) is 0 Å². The summed E-state index contributed by atoms with van der Waals surface area (Å²) < 4.78 is 1.77. The number of nitrogens with zero attached hydrogens (tertiary/aromatic N) is 4. The van der Waals surface area contributed by atoms with Crippen LogP contribution in [-0.4, -0.2) is 19.6 Å². The van der Waals surface area contributed by atoms with Crippen LogP contribution in [0.25, 0.3) is 5.65 Å². The second-order valence-corrected chi connectivity index (χ2v) is 4.85. The lowest BCUT2D eigenvalue weighted by molar-refractivity contribution is 0.339. The number of rotatable bonds is 1. The highest BCUT2D eigenvalue weighted by Gasteiger charge is 2.22. The van der Waals surface area contributed by atoms with Crippen LogP contribution in [0, 0.1) is 5.92 Å². The fourth-order valence-corrected chi connectivity index (χ4v) is 2.67. The van der Waals surface area contributed by atoms with Crippen LogP contribution in [0.2, 0.25) is 0 Å². The van der Waals surface area contributed by atoms with E-state index in [9.17, 15) is 0 Å². The highest BCUT2D eigenvalue weighted by atomic mass is 15.3. The molecule has 0 radical (unpaired) electrons. The van der Waals surface area contributed by atoms with Gasteiger partial charge in [-0.05, 0) is 18.8 Å². The average molecular weight is 216 g/mol. The molecule has 1 aliphatic rings. The van der Waals surface area contributed by atoms with Gasteiger partial charge in [0.05, 0.1) is 5.69 Å². The van der Waals surface area contributed by atoms with Gasteiger partial charge in [-0.25, -0.2) is 14.5 Å². The monoisotopic (exact) mass is 216 g/mol. The number of fused-ring (bicyclic) bond motifs is 1. The zero-order valence-corrected chi connectivity index (χ0v) is 9.50. The predicted octanol–water partition coefficient (Wildman–Crippen LogP) is 2.42. The lowest BCUT2D eigenvalue weighted by Crippen LogP contribution is -2.12. The van der Waals surface area contributed by atoms with Crippen LogP contribution in [-0.2, 0) is 0 Å². The first kappa shape index (κ1) is 9.75. The van der Waals surface area contributed by atoms with Gasteiger partial charge in [-0.1, -0.05) is 19.8 Å². The maximum atomic E-state index is 4.56. The Bertz CT molecular complexity index is 457. The molecule has 2 unspecified atom stereocenters. The minimum absolute atomic E-state index is 0.616.